The lowest BCUT2D eigenvalue weighted by molar-refractivity contribution is -0.143. The minimum Gasteiger partial charge on any atom is -0.481 e. The van der Waals surface area contributed by atoms with Crippen LogP contribution in [0.1, 0.15) is 38.5 Å². The van der Waals surface area contributed by atoms with Crippen LogP contribution in [0.2, 0.25) is 0 Å². The molecule has 1 N–H and O–H groups in total. The Labute approximate surface area is 114 Å². The monoisotopic (exact) mass is 289 g/mol. The lowest BCUT2D eigenvalue weighted by Crippen LogP contribution is -2.46. The van der Waals surface area contributed by atoms with Gasteiger partial charge in [0, 0.05) is 12.3 Å². The van der Waals surface area contributed by atoms with Crippen LogP contribution in [0.5, 0.6) is 0 Å². The lowest BCUT2D eigenvalue weighted by atomic mass is 9.90. The van der Waals surface area contributed by atoms with Gasteiger partial charge < -0.3 is 10.0 Å². The molecular formula is C13H23NO4S. The first-order valence-corrected chi connectivity index (χ1v) is 8.99. The van der Waals surface area contributed by atoms with Crippen molar-refractivity contribution in [1.82, 2.24) is 4.90 Å². The van der Waals surface area contributed by atoms with Crippen molar-refractivity contribution in [2.24, 2.45) is 5.92 Å². The molecule has 2 fully saturated rings. The van der Waals surface area contributed by atoms with Gasteiger partial charge in [0.1, 0.15) is 9.84 Å². The van der Waals surface area contributed by atoms with Crippen LogP contribution in [-0.4, -0.2) is 55.0 Å². The van der Waals surface area contributed by atoms with Gasteiger partial charge >= 0.3 is 5.97 Å². The van der Waals surface area contributed by atoms with E-state index in [0.29, 0.717) is 18.9 Å². The van der Waals surface area contributed by atoms with E-state index in [2.05, 4.69) is 4.90 Å². The second-order valence-corrected chi connectivity index (χ2v) is 8.25. The van der Waals surface area contributed by atoms with Crippen molar-refractivity contribution in [2.75, 3.05) is 19.3 Å². The summed E-state index contributed by atoms with van der Waals surface area (Å²) in [6.45, 7) is 1.58. The molecular weight excluding hydrogens is 266 g/mol. The van der Waals surface area contributed by atoms with Crippen LogP contribution in [0, 0.1) is 5.92 Å². The van der Waals surface area contributed by atoms with Crippen LogP contribution in [-0.2, 0) is 14.6 Å². The topological polar surface area (TPSA) is 74.7 Å². The molecule has 0 aromatic heterocycles. The molecule has 6 heteroatoms. The third kappa shape index (κ3) is 3.69. The summed E-state index contributed by atoms with van der Waals surface area (Å²) >= 11 is 0. The number of rotatable bonds is 3. The summed E-state index contributed by atoms with van der Waals surface area (Å²) in [7, 11) is -2.94. The van der Waals surface area contributed by atoms with Crippen LogP contribution in [0.3, 0.4) is 0 Å². The van der Waals surface area contributed by atoms with Crippen molar-refractivity contribution < 1.29 is 18.3 Å². The highest BCUT2D eigenvalue weighted by Crippen LogP contribution is 2.30. The van der Waals surface area contributed by atoms with E-state index in [1.165, 1.54) is 6.26 Å². The zero-order valence-corrected chi connectivity index (χ0v) is 12.2. The molecule has 1 aliphatic carbocycles. The molecule has 19 heavy (non-hydrogen) atoms. The molecule has 2 aliphatic rings. The van der Waals surface area contributed by atoms with Gasteiger partial charge in [-0.05, 0) is 45.2 Å². The predicted octanol–water partition coefficient (Wildman–Crippen LogP) is 1.14. The smallest absolute Gasteiger partial charge is 0.306 e. The third-order valence-corrected chi connectivity index (χ3v) is 6.24. The molecule has 0 aromatic rings. The Morgan fingerprint density at radius 3 is 2.32 bits per heavy atom. The SMILES string of the molecule is CS(=O)(=O)C1CCCC(N2CCC(C(=O)O)CC2)C1. The molecule has 2 atom stereocenters. The number of aliphatic carboxylic acids is 1. The number of carboxylic acid groups (broad SMARTS) is 1. The molecule has 0 amide bonds. The van der Waals surface area contributed by atoms with Gasteiger partial charge in [0.2, 0.25) is 0 Å². The number of piperidine rings is 1. The molecule has 110 valence electrons. The van der Waals surface area contributed by atoms with E-state index < -0.39 is 15.8 Å². The van der Waals surface area contributed by atoms with Crippen molar-refractivity contribution in [3.8, 4) is 0 Å². The van der Waals surface area contributed by atoms with Gasteiger partial charge in [0.25, 0.3) is 0 Å². The van der Waals surface area contributed by atoms with E-state index in [4.69, 9.17) is 5.11 Å². The standard InChI is InChI=1S/C13H23NO4S/c1-19(17,18)12-4-2-3-11(9-12)14-7-5-10(6-8-14)13(15)16/h10-12H,2-9H2,1H3,(H,15,16). The van der Waals surface area contributed by atoms with E-state index in [1.807, 2.05) is 0 Å². The molecule has 0 aromatic carbocycles. The van der Waals surface area contributed by atoms with Gasteiger partial charge in [0.15, 0.2) is 0 Å². The fourth-order valence-corrected chi connectivity index (χ4v) is 4.52. The summed E-state index contributed by atoms with van der Waals surface area (Å²) < 4.78 is 23.3. The molecule has 5 nitrogen and oxygen atoms in total. The van der Waals surface area contributed by atoms with Crippen molar-refractivity contribution in [1.29, 1.82) is 0 Å². The number of sulfone groups is 1. The summed E-state index contributed by atoms with van der Waals surface area (Å²) in [5.74, 6) is -0.914. The lowest BCUT2D eigenvalue weighted by Gasteiger charge is -2.40. The molecule has 0 spiro atoms. The Morgan fingerprint density at radius 1 is 1.16 bits per heavy atom. The Morgan fingerprint density at radius 2 is 1.79 bits per heavy atom. The number of carbonyl (C=O) groups is 1. The maximum atomic E-state index is 11.7. The van der Waals surface area contributed by atoms with Crippen LogP contribution in [0.15, 0.2) is 0 Å². The Kier molecular flexibility index (Phi) is 4.50. The van der Waals surface area contributed by atoms with E-state index in [-0.39, 0.29) is 11.2 Å². The third-order valence-electron chi connectivity index (χ3n) is 4.60. The highest BCUT2D eigenvalue weighted by Gasteiger charge is 2.34. The first kappa shape index (κ1) is 14.8. The minimum atomic E-state index is -2.94. The zero-order valence-electron chi connectivity index (χ0n) is 11.4. The Balaban J connectivity index is 1.91. The fourth-order valence-electron chi connectivity index (χ4n) is 3.35. The number of nitrogens with zero attached hydrogens (tertiary/aromatic N) is 1. The highest BCUT2D eigenvalue weighted by atomic mass is 32.2. The van der Waals surface area contributed by atoms with Crippen LogP contribution < -0.4 is 0 Å². The van der Waals surface area contributed by atoms with Crippen molar-refractivity contribution in [3.63, 3.8) is 0 Å². The first-order valence-electron chi connectivity index (χ1n) is 7.03. The van der Waals surface area contributed by atoms with Gasteiger partial charge in [-0.2, -0.15) is 0 Å². The summed E-state index contributed by atoms with van der Waals surface area (Å²) in [4.78, 5) is 13.2. The second-order valence-electron chi connectivity index (χ2n) is 5.92. The molecule has 2 rings (SSSR count). The van der Waals surface area contributed by atoms with Crippen LogP contribution >= 0.6 is 0 Å². The van der Waals surface area contributed by atoms with E-state index in [1.54, 1.807) is 0 Å². The Bertz CT molecular complexity index is 426. The molecule has 1 heterocycles. The molecule has 0 bridgehead atoms. The van der Waals surface area contributed by atoms with Gasteiger partial charge in [-0.3, -0.25) is 4.79 Å². The Hall–Kier alpha value is -0.620. The van der Waals surface area contributed by atoms with Crippen molar-refractivity contribution >= 4 is 15.8 Å². The average Bonchev–Trinajstić information content (AvgIpc) is 2.38. The molecule has 2 unspecified atom stereocenters. The van der Waals surface area contributed by atoms with Crippen molar-refractivity contribution in [3.05, 3.63) is 0 Å². The van der Waals surface area contributed by atoms with Crippen molar-refractivity contribution in [2.45, 2.75) is 49.8 Å². The highest BCUT2D eigenvalue weighted by molar-refractivity contribution is 7.91. The van der Waals surface area contributed by atoms with E-state index in [0.717, 1.165) is 38.8 Å². The van der Waals surface area contributed by atoms with Gasteiger partial charge in [0.05, 0.1) is 11.2 Å². The van der Waals surface area contributed by atoms with Gasteiger partial charge in [-0.1, -0.05) is 6.42 Å². The molecule has 1 aliphatic heterocycles. The maximum absolute atomic E-state index is 11.7. The molecule has 0 radical (unpaired) electrons. The quantitative estimate of drug-likeness (QED) is 0.843. The van der Waals surface area contributed by atoms with Crippen LogP contribution in [0.25, 0.3) is 0 Å². The number of hydrogen-bond acceptors (Lipinski definition) is 4. The van der Waals surface area contributed by atoms with E-state index in [9.17, 15) is 13.2 Å². The van der Waals surface area contributed by atoms with Crippen LogP contribution in [0.4, 0.5) is 0 Å². The van der Waals surface area contributed by atoms with E-state index >= 15 is 0 Å². The first-order chi connectivity index (χ1) is 8.88. The minimum absolute atomic E-state index is 0.205. The van der Waals surface area contributed by atoms with Gasteiger partial charge in [-0.25, -0.2) is 8.42 Å². The zero-order chi connectivity index (χ0) is 14.0. The second kappa shape index (κ2) is 5.79. The fraction of sp³-hybridized carbons (Fsp3) is 0.923. The largest absolute Gasteiger partial charge is 0.481 e. The summed E-state index contributed by atoms with van der Waals surface area (Å²) in [5, 5.41) is 8.78. The average molecular weight is 289 g/mol. The number of hydrogen-bond donors (Lipinski definition) is 1. The molecule has 1 saturated carbocycles. The summed E-state index contributed by atoms with van der Waals surface area (Å²) in [5.41, 5.74) is 0. The summed E-state index contributed by atoms with van der Waals surface area (Å²) in [6, 6.07) is 0.322. The number of likely N-dealkylation sites (tertiary alicyclic amines) is 1. The normalized spacial score (nSPS) is 31.2. The predicted molar refractivity (Wildman–Crippen MR) is 72.8 cm³/mol. The number of carboxylic acids is 1. The maximum Gasteiger partial charge on any atom is 0.306 e. The molecule has 1 saturated heterocycles. The van der Waals surface area contributed by atoms with Gasteiger partial charge in [-0.15, -0.1) is 0 Å². The summed E-state index contributed by atoms with van der Waals surface area (Å²) in [6.07, 6.45) is 6.21.